The highest BCUT2D eigenvalue weighted by atomic mass is 19.1. The van der Waals surface area contributed by atoms with Crippen LogP contribution in [0.5, 0.6) is 0 Å². The standard InChI is InChI=1S/C17H22F2N2O/c1-20(2)6-4-7-21(13-17-5-3-8-22-17)12-14-9-15(18)11-16(19)10-14/h3,5,8-11H,4,6-7,12-13H2,1-2H3. The molecular formula is C17H22F2N2O. The average molecular weight is 308 g/mol. The number of hydrogen-bond acceptors (Lipinski definition) is 3. The fourth-order valence-electron chi connectivity index (χ4n) is 2.41. The largest absolute Gasteiger partial charge is 0.468 e. The first kappa shape index (κ1) is 16.6. The van der Waals surface area contributed by atoms with Gasteiger partial charge in [0, 0.05) is 19.2 Å². The summed E-state index contributed by atoms with van der Waals surface area (Å²) in [5, 5.41) is 0. The Morgan fingerprint density at radius 3 is 2.32 bits per heavy atom. The first-order valence-corrected chi connectivity index (χ1v) is 7.37. The van der Waals surface area contributed by atoms with E-state index >= 15 is 0 Å². The van der Waals surface area contributed by atoms with Crippen molar-refractivity contribution in [1.29, 1.82) is 0 Å². The number of rotatable bonds is 8. The lowest BCUT2D eigenvalue weighted by molar-refractivity contribution is 0.222. The third-order valence-corrected chi connectivity index (χ3v) is 3.37. The van der Waals surface area contributed by atoms with Gasteiger partial charge in [0.05, 0.1) is 12.8 Å². The summed E-state index contributed by atoms with van der Waals surface area (Å²) in [4.78, 5) is 4.25. The number of halogens is 2. The summed E-state index contributed by atoms with van der Waals surface area (Å²) in [6, 6.07) is 7.40. The Labute approximate surface area is 130 Å². The molecule has 0 aliphatic rings. The molecule has 0 aliphatic heterocycles. The maximum absolute atomic E-state index is 13.3. The normalized spacial score (nSPS) is 11.5. The van der Waals surface area contributed by atoms with Crippen molar-refractivity contribution in [3.05, 3.63) is 59.6 Å². The van der Waals surface area contributed by atoms with Crippen LogP contribution in [0.3, 0.4) is 0 Å². The topological polar surface area (TPSA) is 19.6 Å². The SMILES string of the molecule is CN(C)CCCN(Cc1cc(F)cc(F)c1)Cc1ccco1. The average Bonchev–Trinajstić information content (AvgIpc) is 2.89. The summed E-state index contributed by atoms with van der Waals surface area (Å²) < 4.78 is 32.0. The van der Waals surface area contributed by atoms with Gasteiger partial charge in [-0.25, -0.2) is 8.78 Å². The molecule has 0 saturated carbocycles. The van der Waals surface area contributed by atoms with E-state index < -0.39 is 11.6 Å². The summed E-state index contributed by atoms with van der Waals surface area (Å²) in [6.45, 7) is 2.91. The molecule has 0 unspecified atom stereocenters. The first-order chi connectivity index (χ1) is 10.5. The Balaban J connectivity index is 2.02. The molecule has 1 heterocycles. The van der Waals surface area contributed by atoms with Gasteiger partial charge in [-0.15, -0.1) is 0 Å². The van der Waals surface area contributed by atoms with Crippen molar-refractivity contribution >= 4 is 0 Å². The van der Waals surface area contributed by atoms with Gasteiger partial charge in [-0.1, -0.05) is 0 Å². The predicted octanol–water partition coefficient (Wildman–Crippen LogP) is 3.51. The van der Waals surface area contributed by atoms with Crippen LogP contribution in [0.25, 0.3) is 0 Å². The van der Waals surface area contributed by atoms with Crippen molar-refractivity contribution < 1.29 is 13.2 Å². The highest BCUT2D eigenvalue weighted by molar-refractivity contribution is 5.18. The Morgan fingerprint density at radius 2 is 1.73 bits per heavy atom. The number of hydrogen-bond donors (Lipinski definition) is 0. The lowest BCUT2D eigenvalue weighted by atomic mass is 10.2. The van der Waals surface area contributed by atoms with E-state index in [0.717, 1.165) is 31.3 Å². The van der Waals surface area contributed by atoms with Gasteiger partial charge in [-0.2, -0.15) is 0 Å². The zero-order valence-corrected chi connectivity index (χ0v) is 13.1. The van der Waals surface area contributed by atoms with Crippen LogP contribution < -0.4 is 0 Å². The number of nitrogens with zero attached hydrogens (tertiary/aromatic N) is 2. The smallest absolute Gasteiger partial charge is 0.126 e. The maximum Gasteiger partial charge on any atom is 0.126 e. The van der Waals surface area contributed by atoms with Crippen molar-refractivity contribution in [3.63, 3.8) is 0 Å². The van der Waals surface area contributed by atoms with Crippen molar-refractivity contribution in [2.75, 3.05) is 27.2 Å². The second-order valence-electron chi connectivity index (χ2n) is 5.72. The van der Waals surface area contributed by atoms with Crippen molar-refractivity contribution in [2.45, 2.75) is 19.5 Å². The van der Waals surface area contributed by atoms with Gasteiger partial charge < -0.3 is 9.32 Å². The first-order valence-electron chi connectivity index (χ1n) is 7.37. The fraction of sp³-hybridized carbons (Fsp3) is 0.412. The molecule has 3 nitrogen and oxygen atoms in total. The Kier molecular flexibility index (Phi) is 6.10. The van der Waals surface area contributed by atoms with Gasteiger partial charge in [-0.3, -0.25) is 4.90 Å². The van der Waals surface area contributed by atoms with Crippen molar-refractivity contribution in [3.8, 4) is 0 Å². The molecule has 5 heteroatoms. The maximum atomic E-state index is 13.3. The van der Waals surface area contributed by atoms with Gasteiger partial charge in [0.1, 0.15) is 17.4 Å². The molecule has 120 valence electrons. The van der Waals surface area contributed by atoms with Gasteiger partial charge in [0.15, 0.2) is 0 Å². The Hall–Kier alpha value is -1.72. The summed E-state index contributed by atoms with van der Waals surface area (Å²) in [6.07, 6.45) is 2.61. The van der Waals surface area contributed by atoms with E-state index in [1.54, 1.807) is 6.26 Å². The van der Waals surface area contributed by atoms with Crippen LogP contribution >= 0.6 is 0 Å². The zero-order valence-electron chi connectivity index (χ0n) is 13.1. The summed E-state index contributed by atoms with van der Waals surface area (Å²) in [5.74, 6) is -0.232. The molecule has 0 fully saturated rings. The van der Waals surface area contributed by atoms with Gasteiger partial charge in [-0.05, 0) is 56.9 Å². The Morgan fingerprint density at radius 1 is 1.00 bits per heavy atom. The predicted molar refractivity (Wildman–Crippen MR) is 82.4 cm³/mol. The highest BCUT2D eigenvalue weighted by Crippen LogP contribution is 2.14. The lowest BCUT2D eigenvalue weighted by Gasteiger charge is -2.22. The molecule has 22 heavy (non-hydrogen) atoms. The molecule has 0 radical (unpaired) electrons. The lowest BCUT2D eigenvalue weighted by Crippen LogP contribution is -2.26. The monoisotopic (exact) mass is 308 g/mol. The van der Waals surface area contributed by atoms with Crippen LogP contribution in [0.2, 0.25) is 0 Å². The molecule has 0 saturated heterocycles. The van der Waals surface area contributed by atoms with E-state index in [0.29, 0.717) is 18.7 Å². The molecule has 1 aromatic carbocycles. The Bertz CT molecular complexity index is 550. The second kappa shape index (κ2) is 8.06. The third kappa shape index (κ3) is 5.58. The minimum Gasteiger partial charge on any atom is -0.468 e. The van der Waals surface area contributed by atoms with Gasteiger partial charge >= 0.3 is 0 Å². The zero-order chi connectivity index (χ0) is 15.9. The van der Waals surface area contributed by atoms with E-state index in [9.17, 15) is 8.78 Å². The molecule has 0 atom stereocenters. The minimum atomic E-state index is -0.541. The summed E-state index contributed by atoms with van der Waals surface area (Å²) in [7, 11) is 4.05. The van der Waals surface area contributed by atoms with E-state index in [1.807, 2.05) is 26.2 Å². The molecular weight excluding hydrogens is 286 g/mol. The summed E-state index contributed by atoms with van der Waals surface area (Å²) in [5.41, 5.74) is 0.633. The quantitative estimate of drug-likeness (QED) is 0.744. The highest BCUT2D eigenvalue weighted by Gasteiger charge is 2.11. The van der Waals surface area contributed by atoms with Gasteiger partial charge in [0.25, 0.3) is 0 Å². The molecule has 0 bridgehead atoms. The fourth-order valence-corrected chi connectivity index (χ4v) is 2.41. The van der Waals surface area contributed by atoms with E-state index in [1.165, 1.54) is 12.1 Å². The number of furan rings is 1. The van der Waals surface area contributed by atoms with Crippen LogP contribution in [0, 0.1) is 11.6 Å². The van der Waals surface area contributed by atoms with Crippen molar-refractivity contribution in [2.24, 2.45) is 0 Å². The molecule has 0 N–H and O–H groups in total. The van der Waals surface area contributed by atoms with Crippen LogP contribution in [0.15, 0.2) is 41.0 Å². The third-order valence-electron chi connectivity index (χ3n) is 3.37. The van der Waals surface area contributed by atoms with Crippen LogP contribution in [-0.2, 0) is 13.1 Å². The molecule has 1 aromatic heterocycles. The summed E-state index contributed by atoms with van der Waals surface area (Å²) >= 11 is 0. The van der Waals surface area contributed by atoms with E-state index in [4.69, 9.17) is 4.42 Å². The molecule has 2 rings (SSSR count). The van der Waals surface area contributed by atoms with Crippen LogP contribution in [-0.4, -0.2) is 37.0 Å². The van der Waals surface area contributed by atoms with E-state index in [-0.39, 0.29) is 0 Å². The van der Waals surface area contributed by atoms with E-state index in [2.05, 4.69) is 9.80 Å². The van der Waals surface area contributed by atoms with Gasteiger partial charge in [0.2, 0.25) is 0 Å². The molecule has 2 aromatic rings. The van der Waals surface area contributed by atoms with Crippen LogP contribution in [0.1, 0.15) is 17.7 Å². The van der Waals surface area contributed by atoms with Crippen LogP contribution in [0.4, 0.5) is 8.78 Å². The minimum absolute atomic E-state index is 0.489. The molecule has 0 spiro atoms. The molecule has 0 amide bonds. The second-order valence-corrected chi connectivity index (χ2v) is 5.72. The molecule has 0 aliphatic carbocycles. The number of benzene rings is 1. The van der Waals surface area contributed by atoms with Crippen molar-refractivity contribution in [1.82, 2.24) is 9.80 Å².